The summed E-state index contributed by atoms with van der Waals surface area (Å²) in [7, 11) is 0. The molecule has 12 heavy (non-hydrogen) atoms. The summed E-state index contributed by atoms with van der Waals surface area (Å²) >= 11 is 5.46. The number of hydrogen-bond acceptors (Lipinski definition) is 0. The minimum Gasteiger partial charge on any atom is -0.233 e. The maximum atomic E-state index is 12.8. The highest BCUT2D eigenvalue weighted by Crippen LogP contribution is 2.16. The van der Waals surface area contributed by atoms with Crippen molar-refractivity contribution in [2.75, 3.05) is 0 Å². The highest BCUT2D eigenvalue weighted by molar-refractivity contribution is 6.30. The first-order valence-corrected chi connectivity index (χ1v) is 4.07. The lowest BCUT2D eigenvalue weighted by Crippen LogP contribution is -2.02. The third kappa shape index (κ3) is 2.47. The van der Waals surface area contributed by atoms with E-state index in [1.165, 1.54) is 12.1 Å². The molecule has 3 heteroatoms. The van der Waals surface area contributed by atoms with Gasteiger partial charge in [0.05, 0.1) is 11.1 Å². The van der Waals surface area contributed by atoms with Gasteiger partial charge in [0.1, 0.15) is 5.82 Å². The second kappa shape index (κ2) is 3.87. The van der Waals surface area contributed by atoms with Crippen molar-refractivity contribution in [3.63, 3.8) is 0 Å². The van der Waals surface area contributed by atoms with Crippen LogP contribution in [0.1, 0.15) is 12.5 Å². The standard InChI is InChI=1S/C9H9ClFO/c1-6(12)4-7-2-3-8(10)9(11)5-7/h2-3,5-6H,4H2,1H3. The fraction of sp³-hybridized carbons (Fsp3) is 0.333. The molecule has 1 rings (SSSR count). The average molecular weight is 188 g/mol. The van der Waals surface area contributed by atoms with Crippen molar-refractivity contribution < 1.29 is 9.50 Å². The molecule has 0 heterocycles. The SMILES string of the molecule is CC([O])Cc1ccc(Cl)c(F)c1. The zero-order valence-corrected chi connectivity index (χ0v) is 7.44. The van der Waals surface area contributed by atoms with Gasteiger partial charge in [0.15, 0.2) is 0 Å². The summed E-state index contributed by atoms with van der Waals surface area (Å²) in [5, 5.41) is 10.8. The molecule has 1 radical (unpaired) electrons. The van der Waals surface area contributed by atoms with Crippen LogP contribution in [-0.2, 0) is 11.5 Å². The van der Waals surface area contributed by atoms with E-state index in [0.29, 0.717) is 12.0 Å². The molecule has 1 unspecified atom stereocenters. The lowest BCUT2D eigenvalue weighted by Gasteiger charge is -2.02. The van der Waals surface area contributed by atoms with Crippen LogP contribution in [0, 0.1) is 5.82 Å². The van der Waals surface area contributed by atoms with E-state index in [2.05, 4.69) is 0 Å². The third-order valence-corrected chi connectivity index (χ3v) is 1.81. The smallest absolute Gasteiger partial charge is 0.142 e. The molecule has 0 aliphatic rings. The summed E-state index contributed by atoms with van der Waals surface area (Å²) < 4.78 is 12.8. The minimum absolute atomic E-state index is 0.0947. The van der Waals surface area contributed by atoms with Crippen LogP contribution in [0.4, 0.5) is 4.39 Å². The molecule has 0 amide bonds. The summed E-state index contributed by atoms with van der Waals surface area (Å²) in [6.07, 6.45) is -0.362. The van der Waals surface area contributed by atoms with E-state index in [9.17, 15) is 9.50 Å². The van der Waals surface area contributed by atoms with Gasteiger partial charge in [-0.05, 0) is 24.6 Å². The molecule has 0 fully saturated rings. The molecular formula is C9H9ClFO. The molecule has 0 aromatic heterocycles. The zero-order chi connectivity index (χ0) is 9.14. The summed E-state index contributed by atoms with van der Waals surface area (Å²) in [5.41, 5.74) is 0.694. The number of halogens is 2. The molecule has 1 atom stereocenters. The van der Waals surface area contributed by atoms with Gasteiger partial charge in [0.2, 0.25) is 0 Å². The van der Waals surface area contributed by atoms with Gasteiger partial charge in [-0.1, -0.05) is 17.7 Å². The Balaban J connectivity index is 2.82. The summed E-state index contributed by atoms with van der Waals surface area (Å²) in [5.74, 6) is -0.463. The molecule has 0 spiro atoms. The van der Waals surface area contributed by atoms with Crippen LogP contribution in [0.3, 0.4) is 0 Å². The number of hydrogen-bond donors (Lipinski definition) is 0. The van der Waals surface area contributed by atoms with E-state index < -0.39 is 11.9 Å². The van der Waals surface area contributed by atoms with Crippen molar-refractivity contribution in [1.82, 2.24) is 0 Å². The first-order chi connectivity index (χ1) is 5.59. The van der Waals surface area contributed by atoms with Crippen LogP contribution in [0.15, 0.2) is 18.2 Å². The van der Waals surface area contributed by atoms with E-state index in [-0.39, 0.29) is 5.02 Å². The van der Waals surface area contributed by atoms with Crippen molar-refractivity contribution in [2.45, 2.75) is 19.4 Å². The first kappa shape index (κ1) is 9.49. The summed E-state index contributed by atoms with van der Waals surface area (Å²) in [6, 6.07) is 4.44. The molecule has 0 N–H and O–H groups in total. The van der Waals surface area contributed by atoms with Crippen LogP contribution in [-0.4, -0.2) is 6.10 Å². The largest absolute Gasteiger partial charge is 0.233 e. The highest BCUT2D eigenvalue weighted by Gasteiger charge is 2.04. The summed E-state index contributed by atoms with van der Waals surface area (Å²) in [6.45, 7) is 1.55. The Morgan fingerprint density at radius 2 is 2.25 bits per heavy atom. The third-order valence-electron chi connectivity index (χ3n) is 1.51. The molecule has 0 saturated carbocycles. The van der Waals surface area contributed by atoms with Crippen molar-refractivity contribution in [3.05, 3.63) is 34.6 Å². The van der Waals surface area contributed by atoms with Gasteiger partial charge in [-0.2, -0.15) is 0 Å². The van der Waals surface area contributed by atoms with Crippen LogP contribution in [0.25, 0.3) is 0 Å². The second-order valence-corrected chi connectivity index (χ2v) is 3.17. The molecular weight excluding hydrogens is 179 g/mol. The van der Waals surface area contributed by atoms with Gasteiger partial charge in [-0.25, -0.2) is 9.50 Å². The van der Waals surface area contributed by atoms with Gasteiger partial charge in [-0.15, -0.1) is 0 Å². The summed E-state index contributed by atoms with van der Waals surface area (Å²) in [4.78, 5) is 0. The molecule has 0 bridgehead atoms. The quantitative estimate of drug-likeness (QED) is 0.679. The Hall–Kier alpha value is -0.600. The van der Waals surface area contributed by atoms with Crippen molar-refractivity contribution in [2.24, 2.45) is 0 Å². The van der Waals surface area contributed by atoms with Gasteiger partial charge < -0.3 is 0 Å². The molecule has 1 aromatic rings. The lowest BCUT2D eigenvalue weighted by molar-refractivity contribution is 0.106. The van der Waals surface area contributed by atoms with Gasteiger partial charge in [0.25, 0.3) is 0 Å². The Bertz CT molecular complexity index is 273. The fourth-order valence-corrected chi connectivity index (χ4v) is 1.12. The van der Waals surface area contributed by atoms with Gasteiger partial charge in [-0.3, -0.25) is 0 Å². The Kier molecular flexibility index (Phi) is 3.06. The maximum Gasteiger partial charge on any atom is 0.142 e. The molecule has 1 nitrogen and oxygen atoms in total. The molecule has 1 aromatic carbocycles. The van der Waals surface area contributed by atoms with Crippen molar-refractivity contribution in [3.8, 4) is 0 Å². The van der Waals surface area contributed by atoms with Crippen molar-refractivity contribution >= 4 is 11.6 Å². The maximum absolute atomic E-state index is 12.8. The zero-order valence-electron chi connectivity index (χ0n) is 6.68. The lowest BCUT2D eigenvalue weighted by atomic mass is 10.1. The van der Waals surface area contributed by atoms with Gasteiger partial charge in [0, 0.05) is 6.42 Å². The van der Waals surface area contributed by atoms with E-state index in [4.69, 9.17) is 11.6 Å². The Morgan fingerprint density at radius 1 is 1.58 bits per heavy atom. The minimum atomic E-state index is -0.703. The predicted octanol–water partition coefficient (Wildman–Crippen LogP) is 2.84. The Morgan fingerprint density at radius 3 is 2.75 bits per heavy atom. The fourth-order valence-electron chi connectivity index (χ4n) is 0.999. The molecule has 0 aliphatic heterocycles. The van der Waals surface area contributed by atoms with Crippen LogP contribution in [0.5, 0.6) is 0 Å². The van der Waals surface area contributed by atoms with Crippen LogP contribution in [0.2, 0.25) is 5.02 Å². The Labute approximate surface area is 75.8 Å². The van der Waals surface area contributed by atoms with E-state index in [1.807, 2.05) is 0 Å². The average Bonchev–Trinajstić information content (AvgIpc) is 1.96. The van der Waals surface area contributed by atoms with Crippen molar-refractivity contribution in [1.29, 1.82) is 0 Å². The van der Waals surface area contributed by atoms with Gasteiger partial charge >= 0.3 is 0 Å². The van der Waals surface area contributed by atoms with Crippen LogP contribution < -0.4 is 0 Å². The van der Waals surface area contributed by atoms with Crippen LogP contribution >= 0.6 is 11.6 Å². The number of rotatable bonds is 2. The topological polar surface area (TPSA) is 19.9 Å². The number of benzene rings is 1. The van der Waals surface area contributed by atoms with E-state index in [1.54, 1.807) is 13.0 Å². The normalized spacial score (nSPS) is 13.0. The second-order valence-electron chi connectivity index (χ2n) is 2.76. The van der Waals surface area contributed by atoms with E-state index in [0.717, 1.165) is 0 Å². The molecule has 0 saturated heterocycles. The molecule has 0 aliphatic carbocycles. The molecule has 65 valence electrons. The highest BCUT2D eigenvalue weighted by atomic mass is 35.5. The van der Waals surface area contributed by atoms with E-state index >= 15 is 0 Å². The first-order valence-electron chi connectivity index (χ1n) is 3.69. The monoisotopic (exact) mass is 187 g/mol. The predicted molar refractivity (Wildman–Crippen MR) is 45.3 cm³/mol.